The highest BCUT2D eigenvalue weighted by Crippen LogP contribution is 2.19. The fourth-order valence-electron chi connectivity index (χ4n) is 1.70. The van der Waals surface area contributed by atoms with Crippen LogP contribution in [-0.2, 0) is 4.79 Å². The minimum atomic E-state index is -0.620. The SMILES string of the molecule is CC(C)NC(=O)c1cccc(NC(=O)[C@H](N)C(C)(C)C)c1. The third-order valence-corrected chi connectivity index (χ3v) is 3.03. The van der Waals surface area contributed by atoms with E-state index in [4.69, 9.17) is 5.73 Å². The van der Waals surface area contributed by atoms with Crippen molar-refractivity contribution in [2.24, 2.45) is 11.1 Å². The maximum Gasteiger partial charge on any atom is 0.251 e. The van der Waals surface area contributed by atoms with Crippen molar-refractivity contribution in [1.82, 2.24) is 5.32 Å². The summed E-state index contributed by atoms with van der Waals surface area (Å²) in [4.78, 5) is 24.0. The molecule has 5 heteroatoms. The summed E-state index contributed by atoms with van der Waals surface area (Å²) in [5.74, 6) is -0.426. The number of benzene rings is 1. The van der Waals surface area contributed by atoms with Crippen LogP contribution in [0.25, 0.3) is 0 Å². The standard InChI is InChI=1S/C16H25N3O2/c1-10(2)18-14(20)11-7-6-8-12(9-11)19-15(21)13(17)16(3,4)5/h6-10,13H,17H2,1-5H3,(H,18,20)(H,19,21)/t13-/m0/s1. The van der Waals surface area contributed by atoms with Crippen molar-refractivity contribution in [3.8, 4) is 0 Å². The Labute approximate surface area is 126 Å². The Balaban J connectivity index is 2.82. The Morgan fingerprint density at radius 1 is 1.19 bits per heavy atom. The molecule has 0 unspecified atom stereocenters. The monoisotopic (exact) mass is 291 g/mol. The first-order valence-electron chi connectivity index (χ1n) is 7.08. The number of carbonyl (C=O) groups is 2. The maximum atomic E-state index is 12.1. The van der Waals surface area contributed by atoms with E-state index in [9.17, 15) is 9.59 Å². The second kappa shape index (κ2) is 6.72. The number of carbonyl (C=O) groups excluding carboxylic acids is 2. The van der Waals surface area contributed by atoms with Gasteiger partial charge < -0.3 is 16.4 Å². The second-order valence-electron chi connectivity index (χ2n) is 6.54. The number of nitrogens with one attached hydrogen (secondary N) is 2. The minimum Gasteiger partial charge on any atom is -0.350 e. The average Bonchev–Trinajstić information content (AvgIpc) is 2.36. The first-order chi connectivity index (χ1) is 9.61. The Morgan fingerprint density at radius 2 is 1.81 bits per heavy atom. The molecule has 1 atom stereocenters. The molecule has 0 aliphatic heterocycles. The molecular weight excluding hydrogens is 266 g/mol. The van der Waals surface area contributed by atoms with Gasteiger partial charge in [-0.15, -0.1) is 0 Å². The molecule has 0 fully saturated rings. The highest BCUT2D eigenvalue weighted by atomic mass is 16.2. The average molecular weight is 291 g/mol. The van der Waals surface area contributed by atoms with Crippen LogP contribution in [0, 0.1) is 5.41 Å². The van der Waals surface area contributed by atoms with E-state index in [2.05, 4.69) is 10.6 Å². The molecule has 0 heterocycles. The topological polar surface area (TPSA) is 84.2 Å². The molecule has 1 aromatic rings. The van der Waals surface area contributed by atoms with Crippen molar-refractivity contribution >= 4 is 17.5 Å². The van der Waals surface area contributed by atoms with Crippen molar-refractivity contribution in [2.45, 2.75) is 46.7 Å². The number of rotatable bonds is 4. The van der Waals surface area contributed by atoms with Gasteiger partial charge in [-0.2, -0.15) is 0 Å². The Bertz CT molecular complexity index is 518. The van der Waals surface area contributed by atoms with Gasteiger partial charge in [0.1, 0.15) is 0 Å². The van der Waals surface area contributed by atoms with E-state index in [0.29, 0.717) is 11.3 Å². The molecule has 0 aliphatic rings. The molecule has 0 spiro atoms. The summed E-state index contributed by atoms with van der Waals surface area (Å²) in [6.07, 6.45) is 0. The molecule has 0 aromatic heterocycles. The predicted molar refractivity (Wildman–Crippen MR) is 85.1 cm³/mol. The third-order valence-electron chi connectivity index (χ3n) is 3.03. The molecular formula is C16H25N3O2. The summed E-state index contributed by atoms with van der Waals surface area (Å²) in [7, 11) is 0. The molecule has 1 rings (SSSR count). The maximum absolute atomic E-state index is 12.1. The van der Waals surface area contributed by atoms with Gasteiger partial charge in [0.15, 0.2) is 0 Å². The van der Waals surface area contributed by atoms with Gasteiger partial charge in [0.2, 0.25) is 5.91 Å². The van der Waals surface area contributed by atoms with Crippen molar-refractivity contribution in [1.29, 1.82) is 0 Å². The number of hydrogen-bond donors (Lipinski definition) is 3. The molecule has 0 aliphatic carbocycles. The number of anilines is 1. The zero-order chi connectivity index (χ0) is 16.2. The van der Waals surface area contributed by atoms with Crippen molar-refractivity contribution in [3.05, 3.63) is 29.8 Å². The Kier molecular flexibility index (Phi) is 5.49. The van der Waals surface area contributed by atoms with E-state index in [-0.39, 0.29) is 23.3 Å². The van der Waals surface area contributed by atoms with Gasteiger partial charge in [0.05, 0.1) is 6.04 Å². The van der Waals surface area contributed by atoms with Gasteiger partial charge in [-0.1, -0.05) is 26.8 Å². The molecule has 0 bridgehead atoms. The molecule has 2 amide bonds. The molecule has 0 saturated carbocycles. The largest absolute Gasteiger partial charge is 0.350 e. The number of hydrogen-bond acceptors (Lipinski definition) is 3. The normalized spacial score (nSPS) is 12.9. The minimum absolute atomic E-state index is 0.0602. The van der Waals surface area contributed by atoms with E-state index in [1.165, 1.54) is 0 Å². The lowest BCUT2D eigenvalue weighted by Crippen LogP contribution is -2.45. The number of amides is 2. The molecule has 5 nitrogen and oxygen atoms in total. The number of nitrogens with two attached hydrogens (primary N) is 1. The first-order valence-corrected chi connectivity index (χ1v) is 7.08. The zero-order valence-corrected chi connectivity index (χ0v) is 13.4. The Hall–Kier alpha value is -1.88. The van der Waals surface area contributed by atoms with Gasteiger partial charge in [-0.05, 0) is 37.5 Å². The van der Waals surface area contributed by atoms with Gasteiger partial charge in [0, 0.05) is 17.3 Å². The first kappa shape index (κ1) is 17.2. The molecule has 0 radical (unpaired) electrons. The van der Waals surface area contributed by atoms with E-state index in [1.807, 2.05) is 34.6 Å². The van der Waals surface area contributed by atoms with Crippen LogP contribution in [-0.4, -0.2) is 23.9 Å². The third kappa shape index (κ3) is 5.19. The molecule has 1 aromatic carbocycles. The van der Waals surface area contributed by atoms with Crippen LogP contribution in [0.1, 0.15) is 45.0 Å². The van der Waals surface area contributed by atoms with Crippen LogP contribution in [0.3, 0.4) is 0 Å². The van der Waals surface area contributed by atoms with Crippen molar-refractivity contribution < 1.29 is 9.59 Å². The van der Waals surface area contributed by atoms with E-state index >= 15 is 0 Å². The summed E-state index contributed by atoms with van der Waals surface area (Å²) < 4.78 is 0. The zero-order valence-electron chi connectivity index (χ0n) is 13.4. The van der Waals surface area contributed by atoms with E-state index in [1.54, 1.807) is 24.3 Å². The van der Waals surface area contributed by atoms with Crippen LogP contribution in [0.5, 0.6) is 0 Å². The lowest BCUT2D eigenvalue weighted by Gasteiger charge is -2.25. The summed E-state index contributed by atoms with van der Waals surface area (Å²) in [5.41, 5.74) is 6.66. The van der Waals surface area contributed by atoms with Crippen molar-refractivity contribution in [3.63, 3.8) is 0 Å². The van der Waals surface area contributed by atoms with E-state index in [0.717, 1.165) is 0 Å². The lowest BCUT2D eigenvalue weighted by molar-refractivity contribution is -0.119. The predicted octanol–water partition coefficient (Wildman–Crippen LogP) is 2.14. The van der Waals surface area contributed by atoms with Crippen LogP contribution >= 0.6 is 0 Å². The molecule has 21 heavy (non-hydrogen) atoms. The molecule has 0 saturated heterocycles. The van der Waals surface area contributed by atoms with Gasteiger partial charge in [0.25, 0.3) is 5.91 Å². The molecule has 4 N–H and O–H groups in total. The quantitative estimate of drug-likeness (QED) is 0.794. The van der Waals surface area contributed by atoms with Crippen molar-refractivity contribution in [2.75, 3.05) is 5.32 Å². The Morgan fingerprint density at radius 3 is 2.33 bits per heavy atom. The summed E-state index contributed by atoms with van der Waals surface area (Å²) in [5, 5.41) is 5.56. The smallest absolute Gasteiger partial charge is 0.251 e. The lowest BCUT2D eigenvalue weighted by atomic mass is 9.87. The van der Waals surface area contributed by atoms with Crippen LogP contribution < -0.4 is 16.4 Å². The molecule has 116 valence electrons. The fraction of sp³-hybridized carbons (Fsp3) is 0.500. The highest BCUT2D eigenvalue weighted by Gasteiger charge is 2.27. The van der Waals surface area contributed by atoms with Gasteiger partial charge >= 0.3 is 0 Å². The van der Waals surface area contributed by atoms with E-state index < -0.39 is 6.04 Å². The summed E-state index contributed by atoms with van der Waals surface area (Å²) in [6, 6.07) is 6.25. The fourth-order valence-corrected chi connectivity index (χ4v) is 1.70. The van der Waals surface area contributed by atoms with Gasteiger partial charge in [-0.25, -0.2) is 0 Å². The van der Waals surface area contributed by atoms with Crippen LogP contribution in [0.15, 0.2) is 24.3 Å². The van der Waals surface area contributed by atoms with Crippen LogP contribution in [0.4, 0.5) is 5.69 Å². The van der Waals surface area contributed by atoms with Gasteiger partial charge in [-0.3, -0.25) is 9.59 Å². The summed E-state index contributed by atoms with van der Waals surface area (Å²) in [6.45, 7) is 9.51. The second-order valence-corrected chi connectivity index (χ2v) is 6.54. The highest BCUT2D eigenvalue weighted by molar-refractivity contribution is 5.98. The summed E-state index contributed by atoms with van der Waals surface area (Å²) >= 11 is 0. The van der Waals surface area contributed by atoms with Crippen LogP contribution in [0.2, 0.25) is 0 Å².